The van der Waals surface area contributed by atoms with Crippen LogP contribution in [0, 0.1) is 18.3 Å². The van der Waals surface area contributed by atoms with E-state index in [2.05, 4.69) is 5.32 Å². The van der Waals surface area contributed by atoms with Gasteiger partial charge >= 0.3 is 0 Å². The van der Waals surface area contributed by atoms with Crippen LogP contribution in [-0.2, 0) is 9.59 Å². The molecule has 2 aromatic rings. The Morgan fingerprint density at radius 3 is 2.46 bits per heavy atom. The lowest BCUT2D eigenvalue weighted by molar-refractivity contribution is -0.120. The summed E-state index contributed by atoms with van der Waals surface area (Å²) < 4.78 is 5.30. The maximum atomic E-state index is 12.4. The summed E-state index contributed by atoms with van der Waals surface area (Å²) >= 11 is 6.10. The van der Waals surface area contributed by atoms with Gasteiger partial charge in [-0.15, -0.1) is 0 Å². The summed E-state index contributed by atoms with van der Waals surface area (Å²) in [4.78, 5) is 25.8. The zero-order chi connectivity index (χ0) is 19.3. The molecule has 0 atom stereocenters. The number of hydrogen-bond donors (Lipinski definition) is 1. The molecule has 0 heterocycles. The third-order valence-electron chi connectivity index (χ3n) is 3.73. The highest BCUT2D eigenvalue weighted by Gasteiger charge is 2.21. The van der Waals surface area contributed by atoms with E-state index in [9.17, 15) is 9.59 Å². The number of rotatable bonds is 5. The Bertz CT molecular complexity index is 873. The standard InChI is InChI=1S/C19H18ClN3O3/c1-12-8-17(18(26-3)9-16(12)20)23(13(2)24)11-19(25)22-15-6-4-14(10-21)5-7-15/h4-9H,11H2,1-3H3,(H,22,25). The van der Waals surface area contributed by atoms with E-state index in [4.69, 9.17) is 21.6 Å². The summed E-state index contributed by atoms with van der Waals surface area (Å²) in [6.45, 7) is 2.99. The molecular weight excluding hydrogens is 354 g/mol. The number of nitrogens with one attached hydrogen (secondary N) is 1. The predicted molar refractivity (Wildman–Crippen MR) is 101 cm³/mol. The summed E-state index contributed by atoms with van der Waals surface area (Å²) in [5.74, 6) is -0.276. The topological polar surface area (TPSA) is 82.4 Å². The first-order chi connectivity index (χ1) is 12.3. The van der Waals surface area contributed by atoms with Crippen molar-refractivity contribution < 1.29 is 14.3 Å². The Morgan fingerprint density at radius 1 is 1.27 bits per heavy atom. The second-order valence-corrected chi connectivity index (χ2v) is 6.02. The average molecular weight is 372 g/mol. The van der Waals surface area contributed by atoms with E-state index in [1.54, 1.807) is 43.3 Å². The summed E-state index contributed by atoms with van der Waals surface area (Å²) in [5, 5.41) is 12.0. The first-order valence-corrected chi connectivity index (χ1v) is 8.15. The summed E-state index contributed by atoms with van der Waals surface area (Å²) in [7, 11) is 1.47. The fourth-order valence-electron chi connectivity index (χ4n) is 2.36. The van der Waals surface area contributed by atoms with Crippen LogP contribution in [0.2, 0.25) is 5.02 Å². The molecule has 0 radical (unpaired) electrons. The van der Waals surface area contributed by atoms with Crippen LogP contribution in [0.5, 0.6) is 5.75 Å². The van der Waals surface area contributed by atoms with Gasteiger partial charge in [0.2, 0.25) is 11.8 Å². The smallest absolute Gasteiger partial charge is 0.244 e. The molecule has 134 valence electrons. The molecule has 2 amide bonds. The predicted octanol–water partition coefficient (Wildman–Crippen LogP) is 3.52. The molecule has 6 nitrogen and oxygen atoms in total. The van der Waals surface area contributed by atoms with E-state index < -0.39 is 0 Å². The largest absolute Gasteiger partial charge is 0.495 e. The second-order valence-electron chi connectivity index (χ2n) is 5.62. The van der Waals surface area contributed by atoms with Crippen molar-refractivity contribution >= 4 is 34.8 Å². The molecule has 0 fully saturated rings. The number of amides is 2. The number of benzene rings is 2. The minimum Gasteiger partial charge on any atom is -0.495 e. The maximum absolute atomic E-state index is 12.4. The quantitative estimate of drug-likeness (QED) is 0.871. The SMILES string of the molecule is COc1cc(Cl)c(C)cc1N(CC(=O)Nc1ccc(C#N)cc1)C(C)=O. The van der Waals surface area contributed by atoms with Gasteiger partial charge in [0.1, 0.15) is 12.3 Å². The Hall–Kier alpha value is -3.04. The van der Waals surface area contributed by atoms with E-state index in [-0.39, 0.29) is 18.4 Å². The molecule has 0 spiro atoms. The average Bonchev–Trinajstić information content (AvgIpc) is 2.62. The first kappa shape index (κ1) is 19.3. The lowest BCUT2D eigenvalue weighted by atomic mass is 10.1. The van der Waals surface area contributed by atoms with Gasteiger partial charge < -0.3 is 10.1 Å². The lowest BCUT2D eigenvalue weighted by Crippen LogP contribution is -2.37. The Kier molecular flexibility index (Phi) is 6.21. The number of anilines is 2. The third kappa shape index (κ3) is 4.52. The van der Waals surface area contributed by atoms with Gasteiger partial charge in [-0.2, -0.15) is 5.26 Å². The molecule has 26 heavy (non-hydrogen) atoms. The fraction of sp³-hybridized carbons (Fsp3) is 0.211. The highest BCUT2D eigenvalue weighted by atomic mass is 35.5. The Balaban J connectivity index is 2.23. The number of aryl methyl sites for hydroxylation is 1. The highest BCUT2D eigenvalue weighted by molar-refractivity contribution is 6.31. The number of carbonyl (C=O) groups excluding carboxylic acids is 2. The molecule has 7 heteroatoms. The van der Waals surface area contributed by atoms with Gasteiger partial charge in [0, 0.05) is 23.7 Å². The van der Waals surface area contributed by atoms with Crippen molar-refractivity contribution in [2.24, 2.45) is 0 Å². The van der Waals surface area contributed by atoms with Crippen molar-refractivity contribution in [1.82, 2.24) is 0 Å². The van der Waals surface area contributed by atoms with Crippen LogP contribution in [0.25, 0.3) is 0 Å². The van der Waals surface area contributed by atoms with Crippen LogP contribution in [0.1, 0.15) is 18.1 Å². The number of hydrogen-bond acceptors (Lipinski definition) is 4. The van der Waals surface area contributed by atoms with E-state index >= 15 is 0 Å². The monoisotopic (exact) mass is 371 g/mol. The van der Waals surface area contributed by atoms with Crippen molar-refractivity contribution in [2.75, 3.05) is 23.9 Å². The van der Waals surface area contributed by atoms with Gasteiger partial charge in [-0.05, 0) is 42.8 Å². The van der Waals surface area contributed by atoms with Crippen molar-refractivity contribution in [3.63, 3.8) is 0 Å². The Morgan fingerprint density at radius 2 is 1.92 bits per heavy atom. The minimum atomic E-state index is -0.375. The Labute approximate surface area is 156 Å². The zero-order valence-electron chi connectivity index (χ0n) is 14.7. The minimum absolute atomic E-state index is 0.188. The molecule has 1 N–H and O–H groups in total. The third-order valence-corrected chi connectivity index (χ3v) is 4.14. The summed E-state index contributed by atoms with van der Waals surface area (Å²) in [6, 6.07) is 11.8. The van der Waals surface area contributed by atoms with Gasteiger partial charge in [-0.1, -0.05) is 11.6 Å². The fourth-order valence-corrected chi connectivity index (χ4v) is 2.51. The first-order valence-electron chi connectivity index (χ1n) is 7.78. The van der Waals surface area contributed by atoms with Crippen LogP contribution in [0.4, 0.5) is 11.4 Å². The highest BCUT2D eigenvalue weighted by Crippen LogP contribution is 2.33. The molecule has 0 aliphatic heterocycles. The molecule has 0 aliphatic carbocycles. The number of methoxy groups -OCH3 is 1. The summed E-state index contributed by atoms with van der Waals surface area (Å²) in [5.41, 5.74) is 2.27. The molecule has 0 saturated heterocycles. The van der Waals surface area contributed by atoms with Crippen molar-refractivity contribution in [3.8, 4) is 11.8 Å². The normalized spacial score (nSPS) is 9.96. The van der Waals surface area contributed by atoms with Crippen LogP contribution < -0.4 is 15.0 Å². The number of nitriles is 1. The number of halogens is 1. The van der Waals surface area contributed by atoms with E-state index in [1.807, 2.05) is 6.07 Å². The van der Waals surface area contributed by atoms with E-state index in [0.717, 1.165) is 5.56 Å². The van der Waals surface area contributed by atoms with Crippen LogP contribution >= 0.6 is 11.6 Å². The number of carbonyl (C=O) groups is 2. The summed E-state index contributed by atoms with van der Waals surface area (Å²) in [6.07, 6.45) is 0. The van der Waals surface area contributed by atoms with Crippen LogP contribution in [0.3, 0.4) is 0 Å². The van der Waals surface area contributed by atoms with Crippen LogP contribution in [-0.4, -0.2) is 25.5 Å². The number of ether oxygens (including phenoxy) is 1. The second kappa shape index (κ2) is 8.37. The molecule has 0 unspecified atom stereocenters. The molecule has 2 aromatic carbocycles. The molecule has 2 rings (SSSR count). The molecule has 0 aliphatic rings. The van der Waals surface area contributed by atoms with Gasteiger partial charge in [0.15, 0.2) is 0 Å². The molecular formula is C19H18ClN3O3. The van der Waals surface area contributed by atoms with E-state index in [0.29, 0.717) is 27.7 Å². The number of nitrogens with zero attached hydrogens (tertiary/aromatic N) is 2. The van der Waals surface area contributed by atoms with E-state index in [1.165, 1.54) is 18.9 Å². The molecule has 0 aromatic heterocycles. The van der Waals surface area contributed by atoms with Gasteiger partial charge in [-0.3, -0.25) is 14.5 Å². The van der Waals surface area contributed by atoms with Crippen molar-refractivity contribution in [2.45, 2.75) is 13.8 Å². The van der Waals surface area contributed by atoms with Crippen molar-refractivity contribution in [1.29, 1.82) is 5.26 Å². The van der Waals surface area contributed by atoms with Gasteiger partial charge in [0.25, 0.3) is 0 Å². The van der Waals surface area contributed by atoms with Crippen LogP contribution in [0.15, 0.2) is 36.4 Å². The van der Waals surface area contributed by atoms with Gasteiger partial charge in [-0.25, -0.2) is 0 Å². The molecule has 0 bridgehead atoms. The molecule has 0 saturated carbocycles. The van der Waals surface area contributed by atoms with Crippen molar-refractivity contribution in [3.05, 3.63) is 52.5 Å². The van der Waals surface area contributed by atoms with Gasteiger partial charge in [0.05, 0.1) is 24.4 Å². The maximum Gasteiger partial charge on any atom is 0.244 e. The zero-order valence-corrected chi connectivity index (χ0v) is 15.4. The lowest BCUT2D eigenvalue weighted by Gasteiger charge is -2.23.